The second-order valence-corrected chi connectivity index (χ2v) is 4.82. The lowest BCUT2D eigenvalue weighted by atomic mass is 9.80. The van der Waals surface area contributed by atoms with Crippen molar-refractivity contribution in [2.75, 3.05) is 0 Å². The first kappa shape index (κ1) is 10.9. The van der Waals surface area contributed by atoms with Crippen molar-refractivity contribution in [3.8, 4) is 0 Å². The second kappa shape index (κ2) is 4.97. The third-order valence-corrected chi connectivity index (χ3v) is 3.77. The van der Waals surface area contributed by atoms with Crippen LogP contribution in [0.4, 0.5) is 0 Å². The fourth-order valence-corrected chi connectivity index (χ4v) is 2.66. The molecule has 15 heavy (non-hydrogen) atoms. The molecular weight excluding hydrogens is 210 g/mol. The molecular formula is C11H18ClN3. The molecule has 2 unspecified atom stereocenters. The topological polar surface area (TPSA) is 30.7 Å². The summed E-state index contributed by atoms with van der Waals surface area (Å²) in [7, 11) is 0. The minimum Gasteiger partial charge on any atom is -0.316 e. The molecule has 0 saturated heterocycles. The first-order chi connectivity index (χ1) is 7.31. The maximum atomic E-state index is 5.80. The first-order valence-electron chi connectivity index (χ1n) is 5.74. The van der Waals surface area contributed by atoms with Gasteiger partial charge in [0.25, 0.3) is 0 Å². The quantitative estimate of drug-likeness (QED) is 0.744. The summed E-state index contributed by atoms with van der Waals surface area (Å²) in [5, 5.41) is 7.92. The van der Waals surface area contributed by atoms with Gasteiger partial charge in [-0.05, 0) is 18.3 Å². The highest BCUT2D eigenvalue weighted by atomic mass is 35.5. The minimum atomic E-state index is 0.459. The van der Waals surface area contributed by atoms with E-state index in [0.717, 1.165) is 24.2 Å². The maximum Gasteiger partial charge on any atom is 0.147 e. The van der Waals surface area contributed by atoms with Crippen LogP contribution in [0.2, 0.25) is 0 Å². The summed E-state index contributed by atoms with van der Waals surface area (Å²) in [4.78, 5) is 0. The maximum absolute atomic E-state index is 5.80. The van der Waals surface area contributed by atoms with Gasteiger partial charge in [-0.2, -0.15) is 0 Å². The predicted octanol–water partition coefficient (Wildman–Crippen LogP) is 2.84. The van der Waals surface area contributed by atoms with Crippen LogP contribution in [-0.2, 0) is 12.4 Å². The monoisotopic (exact) mass is 227 g/mol. The zero-order valence-corrected chi connectivity index (χ0v) is 9.95. The van der Waals surface area contributed by atoms with E-state index < -0.39 is 0 Å². The average Bonchev–Trinajstić information content (AvgIpc) is 2.69. The zero-order valence-electron chi connectivity index (χ0n) is 9.19. The summed E-state index contributed by atoms with van der Waals surface area (Å²) in [5.41, 5.74) is 0. The lowest BCUT2D eigenvalue weighted by Gasteiger charge is -2.29. The Hall–Kier alpha value is -0.570. The van der Waals surface area contributed by atoms with Crippen LogP contribution in [0.3, 0.4) is 0 Å². The van der Waals surface area contributed by atoms with E-state index in [2.05, 4.69) is 21.7 Å². The summed E-state index contributed by atoms with van der Waals surface area (Å²) >= 11 is 5.80. The molecule has 0 radical (unpaired) electrons. The standard InChI is InChI=1S/C11H18ClN3/c1-9-4-2-3-5-10(9)7-15-8-13-14-11(15)6-12/h8-10H,2-7H2,1H3. The van der Waals surface area contributed by atoms with Gasteiger partial charge in [-0.25, -0.2) is 0 Å². The molecule has 0 bridgehead atoms. The molecule has 0 N–H and O–H groups in total. The van der Waals surface area contributed by atoms with E-state index in [-0.39, 0.29) is 0 Å². The molecule has 0 amide bonds. The summed E-state index contributed by atoms with van der Waals surface area (Å²) in [6, 6.07) is 0. The number of nitrogens with zero attached hydrogens (tertiary/aromatic N) is 3. The average molecular weight is 228 g/mol. The Morgan fingerprint density at radius 1 is 1.47 bits per heavy atom. The number of aromatic nitrogens is 3. The van der Waals surface area contributed by atoms with Crippen LogP contribution in [0.15, 0.2) is 6.33 Å². The fraction of sp³-hybridized carbons (Fsp3) is 0.818. The van der Waals surface area contributed by atoms with Crippen molar-refractivity contribution in [2.45, 2.75) is 45.0 Å². The van der Waals surface area contributed by atoms with Crippen LogP contribution in [-0.4, -0.2) is 14.8 Å². The Kier molecular flexibility index (Phi) is 3.62. The van der Waals surface area contributed by atoms with Gasteiger partial charge < -0.3 is 4.57 Å². The lowest BCUT2D eigenvalue weighted by molar-refractivity contribution is 0.227. The van der Waals surface area contributed by atoms with Gasteiger partial charge in [-0.15, -0.1) is 21.8 Å². The molecule has 0 aromatic carbocycles. The third kappa shape index (κ3) is 2.51. The van der Waals surface area contributed by atoms with Crippen LogP contribution in [0, 0.1) is 11.8 Å². The van der Waals surface area contributed by atoms with E-state index in [1.165, 1.54) is 25.7 Å². The Morgan fingerprint density at radius 2 is 2.27 bits per heavy atom. The van der Waals surface area contributed by atoms with Gasteiger partial charge in [0.2, 0.25) is 0 Å². The van der Waals surface area contributed by atoms with Crippen molar-refractivity contribution in [1.82, 2.24) is 14.8 Å². The van der Waals surface area contributed by atoms with E-state index >= 15 is 0 Å². The Labute approximate surface area is 95.8 Å². The summed E-state index contributed by atoms with van der Waals surface area (Å²) in [5.74, 6) is 2.96. The predicted molar refractivity (Wildman–Crippen MR) is 60.7 cm³/mol. The van der Waals surface area contributed by atoms with Crippen LogP contribution >= 0.6 is 11.6 Å². The largest absolute Gasteiger partial charge is 0.316 e. The number of rotatable bonds is 3. The number of halogens is 1. The van der Waals surface area contributed by atoms with E-state index in [4.69, 9.17) is 11.6 Å². The van der Waals surface area contributed by atoms with Gasteiger partial charge in [-0.3, -0.25) is 0 Å². The molecule has 0 aliphatic heterocycles. The molecule has 2 atom stereocenters. The van der Waals surface area contributed by atoms with Crippen molar-refractivity contribution in [1.29, 1.82) is 0 Å². The highest BCUT2D eigenvalue weighted by molar-refractivity contribution is 6.16. The van der Waals surface area contributed by atoms with Gasteiger partial charge >= 0.3 is 0 Å². The van der Waals surface area contributed by atoms with Gasteiger partial charge in [-0.1, -0.05) is 26.2 Å². The molecule has 0 spiro atoms. The normalized spacial score (nSPS) is 26.8. The molecule has 2 rings (SSSR count). The smallest absolute Gasteiger partial charge is 0.147 e. The van der Waals surface area contributed by atoms with Crippen LogP contribution < -0.4 is 0 Å². The molecule has 1 fully saturated rings. The molecule has 1 heterocycles. The number of alkyl halides is 1. The Balaban J connectivity index is 2.01. The summed E-state index contributed by atoms with van der Waals surface area (Å²) in [6.07, 6.45) is 7.26. The molecule has 84 valence electrons. The lowest BCUT2D eigenvalue weighted by Crippen LogP contribution is -2.22. The fourth-order valence-electron chi connectivity index (χ4n) is 2.45. The summed E-state index contributed by atoms with van der Waals surface area (Å²) in [6.45, 7) is 3.39. The van der Waals surface area contributed by atoms with E-state index in [9.17, 15) is 0 Å². The second-order valence-electron chi connectivity index (χ2n) is 4.55. The van der Waals surface area contributed by atoms with Crippen molar-refractivity contribution in [3.63, 3.8) is 0 Å². The van der Waals surface area contributed by atoms with E-state index in [1.54, 1.807) is 6.33 Å². The van der Waals surface area contributed by atoms with Gasteiger partial charge in [0.05, 0.1) is 5.88 Å². The van der Waals surface area contributed by atoms with Crippen molar-refractivity contribution >= 4 is 11.6 Å². The summed E-state index contributed by atoms with van der Waals surface area (Å²) < 4.78 is 2.11. The molecule has 1 aliphatic rings. The highest BCUT2D eigenvalue weighted by Crippen LogP contribution is 2.30. The van der Waals surface area contributed by atoms with E-state index in [1.807, 2.05) is 0 Å². The van der Waals surface area contributed by atoms with Crippen LogP contribution in [0.5, 0.6) is 0 Å². The van der Waals surface area contributed by atoms with Crippen LogP contribution in [0.1, 0.15) is 38.4 Å². The van der Waals surface area contributed by atoms with Gasteiger partial charge in [0.15, 0.2) is 0 Å². The van der Waals surface area contributed by atoms with Crippen molar-refractivity contribution < 1.29 is 0 Å². The third-order valence-electron chi connectivity index (χ3n) is 3.54. The minimum absolute atomic E-state index is 0.459. The van der Waals surface area contributed by atoms with Crippen molar-refractivity contribution in [3.05, 3.63) is 12.2 Å². The van der Waals surface area contributed by atoms with Crippen molar-refractivity contribution in [2.24, 2.45) is 11.8 Å². The van der Waals surface area contributed by atoms with Gasteiger partial charge in [0.1, 0.15) is 12.2 Å². The molecule has 1 aromatic heterocycles. The zero-order chi connectivity index (χ0) is 10.7. The molecule has 1 saturated carbocycles. The Morgan fingerprint density at radius 3 is 3.00 bits per heavy atom. The first-order valence-corrected chi connectivity index (χ1v) is 6.27. The van der Waals surface area contributed by atoms with Crippen LogP contribution in [0.25, 0.3) is 0 Å². The molecule has 1 aliphatic carbocycles. The van der Waals surface area contributed by atoms with Gasteiger partial charge in [0, 0.05) is 6.54 Å². The highest BCUT2D eigenvalue weighted by Gasteiger charge is 2.22. The van der Waals surface area contributed by atoms with E-state index in [0.29, 0.717) is 5.88 Å². The Bertz CT molecular complexity index is 311. The number of hydrogen-bond donors (Lipinski definition) is 0. The number of hydrogen-bond acceptors (Lipinski definition) is 2. The molecule has 3 nitrogen and oxygen atoms in total. The SMILES string of the molecule is CC1CCCCC1Cn1cnnc1CCl. The molecule has 4 heteroatoms. The molecule has 1 aromatic rings.